The van der Waals surface area contributed by atoms with Gasteiger partial charge in [0.1, 0.15) is 0 Å². The van der Waals surface area contributed by atoms with Gasteiger partial charge in [0.2, 0.25) is 0 Å². The molecule has 1 aromatic carbocycles. The first kappa shape index (κ1) is 11.2. The van der Waals surface area contributed by atoms with Gasteiger partial charge in [-0.2, -0.15) is 0 Å². The van der Waals surface area contributed by atoms with E-state index in [0.717, 1.165) is 17.8 Å². The Morgan fingerprint density at radius 3 is 2.76 bits per heavy atom. The van der Waals surface area contributed by atoms with Crippen LogP contribution in [0.25, 0.3) is 0 Å². The van der Waals surface area contributed by atoms with Crippen LogP contribution < -0.4 is 11.3 Å². The molecule has 2 nitrogen and oxygen atoms in total. The van der Waals surface area contributed by atoms with Crippen LogP contribution in [0.15, 0.2) is 24.3 Å². The monoisotopic (exact) mass is 230 g/mol. The summed E-state index contributed by atoms with van der Waals surface area (Å²) in [4.78, 5) is 0. The minimum absolute atomic E-state index is 0.352. The summed E-state index contributed by atoms with van der Waals surface area (Å²) in [5, 5.41) is 0. The molecule has 0 saturated heterocycles. The molecule has 2 bridgehead atoms. The zero-order valence-corrected chi connectivity index (χ0v) is 10.5. The molecule has 17 heavy (non-hydrogen) atoms. The van der Waals surface area contributed by atoms with Gasteiger partial charge in [0.05, 0.1) is 0 Å². The second-order valence-corrected chi connectivity index (χ2v) is 5.90. The highest BCUT2D eigenvalue weighted by molar-refractivity contribution is 5.26. The SMILES string of the molecule is Cc1cccc(C(NN)C2CC3CCC2C3)c1. The van der Waals surface area contributed by atoms with E-state index in [9.17, 15) is 0 Å². The molecule has 3 N–H and O–H groups in total. The van der Waals surface area contributed by atoms with Crippen molar-refractivity contribution in [2.45, 2.75) is 38.6 Å². The molecule has 3 rings (SSSR count). The molecule has 2 fully saturated rings. The Labute approximate surface area is 104 Å². The summed E-state index contributed by atoms with van der Waals surface area (Å²) in [6.45, 7) is 2.15. The van der Waals surface area contributed by atoms with Crippen molar-refractivity contribution >= 4 is 0 Å². The van der Waals surface area contributed by atoms with Gasteiger partial charge in [0.15, 0.2) is 0 Å². The smallest absolute Gasteiger partial charge is 0.0490 e. The fourth-order valence-electron chi connectivity index (χ4n) is 4.03. The minimum Gasteiger partial charge on any atom is -0.271 e. The van der Waals surface area contributed by atoms with Crippen molar-refractivity contribution in [3.05, 3.63) is 35.4 Å². The summed E-state index contributed by atoms with van der Waals surface area (Å²) in [7, 11) is 0. The van der Waals surface area contributed by atoms with Crippen molar-refractivity contribution in [2.75, 3.05) is 0 Å². The molecule has 4 atom stereocenters. The largest absolute Gasteiger partial charge is 0.271 e. The second-order valence-electron chi connectivity index (χ2n) is 5.90. The number of benzene rings is 1. The standard InChI is InChI=1S/C15H22N2/c1-10-3-2-4-13(7-10)15(17-16)14-9-11-5-6-12(14)8-11/h2-4,7,11-12,14-15,17H,5-6,8-9,16H2,1H3. The minimum atomic E-state index is 0.352. The lowest BCUT2D eigenvalue weighted by molar-refractivity contribution is 0.252. The Kier molecular flexibility index (Phi) is 2.93. The van der Waals surface area contributed by atoms with Gasteiger partial charge in [-0.3, -0.25) is 11.3 Å². The number of rotatable bonds is 3. The van der Waals surface area contributed by atoms with Crippen molar-refractivity contribution in [3.63, 3.8) is 0 Å². The number of nitrogens with two attached hydrogens (primary N) is 1. The van der Waals surface area contributed by atoms with E-state index in [-0.39, 0.29) is 0 Å². The van der Waals surface area contributed by atoms with Gasteiger partial charge in [-0.1, -0.05) is 36.2 Å². The molecule has 0 aromatic heterocycles. The predicted octanol–water partition coefficient (Wildman–Crippen LogP) is 2.94. The Morgan fingerprint density at radius 2 is 2.18 bits per heavy atom. The van der Waals surface area contributed by atoms with E-state index in [2.05, 4.69) is 36.6 Å². The van der Waals surface area contributed by atoms with Gasteiger partial charge in [0, 0.05) is 6.04 Å². The summed E-state index contributed by atoms with van der Waals surface area (Å²) in [6, 6.07) is 9.13. The Morgan fingerprint density at radius 1 is 1.29 bits per heavy atom. The topological polar surface area (TPSA) is 38.0 Å². The molecule has 1 aromatic rings. The van der Waals surface area contributed by atoms with E-state index in [4.69, 9.17) is 5.84 Å². The number of hydrazine groups is 1. The fourth-order valence-corrected chi connectivity index (χ4v) is 4.03. The highest BCUT2D eigenvalue weighted by atomic mass is 15.2. The van der Waals surface area contributed by atoms with E-state index >= 15 is 0 Å². The molecule has 2 aliphatic rings. The molecular formula is C15H22N2. The van der Waals surface area contributed by atoms with E-state index in [0.29, 0.717) is 6.04 Å². The summed E-state index contributed by atoms with van der Waals surface area (Å²) in [5.41, 5.74) is 5.76. The molecule has 0 heterocycles. The van der Waals surface area contributed by atoms with Crippen LogP contribution in [0, 0.1) is 24.7 Å². The molecule has 0 radical (unpaired) electrons. The van der Waals surface area contributed by atoms with Gasteiger partial charge in [-0.05, 0) is 49.5 Å². The van der Waals surface area contributed by atoms with E-state index < -0.39 is 0 Å². The predicted molar refractivity (Wildman–Crippen MR) is 70.2 cm³/mol. The Hall–Kier alpha value is -0.860. The van der Waals surface area contributed by atoms with Crippen molar-refractivity contribution in [1.82, 2.24) is 5.43 Å². The average Bonchev–Trinajstić information content (AvgIpc) is 2.92. The number of nitrogens with one attached hydrogen (secondary N) is 1. The first-order valence-electron chi connectivity index (χ1n) is 6.80. The van der Waals surface area contributed by atoms with Crippen LogP contribution in [0.2, 0.25) is 0 Å². The zero-order valence-electron chi connectivity index (χ0n) is 10.5. The van der Waals surface area contributed by atoms with Crippen molar-refractivity contribution in [2.24, 2.45) is 23.6 Å². The van der Waals surface area contributed by atoms with Gasteiger partial charge in [-0.15, -0.1) is 0 Å². The zero-order chi connectivity index (χ0) is 11.8. The third-order valence-corrected chi connectivity index (χ3v) is 4.80. The quantitative estimate of drug-likeness (QED) is 0.619. The molecule has 2 heteroatoms. The summed E-state index contributed by atoms with van der Waals surface area (Å²) >= 11 is 0. The lowest BCUT2D eigenvalue weighted by Crippen LogP contribution is -2.35. The van der Waals surface area contributed by atoms with Crippen LogP contribution in [0.4, 0.5) is 0 Å². The average molecular weight is 230 g/mol. The maximum Gasteiger partial charge on any atom is 0.0490 e. The second kappa shape index (κ2) is 4.43. The molecule has 0 amide bonds. The highest BCUT2D eigenvalue weighted by Gasteiger charge is 2.43. The molecule has 4 unspecified atom stereocenters. The van der Waals surface area contributed by atoms with Crippen molar-refractivity contribution < 1.29 is 0 Å². The Bertz CT molecular complexity index is 402. The fraction of sp³-hybridized carbons (Fsp3) is 0.600. The van der Waals surface area contributed by atoms with Crippen molar-refractivity contribution in [3.8, 4) is 0 Å². The molecule has 0 spiro atoms. The van der Waals surface area contributed by atoms with Gasteiger partial charge >= 0.3 is 0 Å². The molecular weight excluding hydrogens is 208 g/mol. The normalized spacial score (nSPS) is 32.9. The van der Waals surface area contributed by atoms with E-state index in [1.165, 1.54) is 36.8 Å². The van der Waals surface area contributed by atoms with Gasteiger partial charge < -0.3 is 0 Å². The molecule has 2 aliphatic carbocycles. The number of fused-ring (bicyclic) bond motifs is 2. The molecule has 2 saturated carbocycles. The van der Waals surface area contributed by atoms with Crippen LogP contribution >= 0.6 is 0 Å². The van der Waals surface area contributed by atoms with E-state index in [1.54, 1.807) is 0 Å². The lowest BCUT2D eigenvalue weighted by atomic mass is 9.80. The Balaban J connectivity index is 1.84. The third-order valence-electron chi connectivity index (χ3n) is 4.80. The van der Waals surface area contributed by atoms with Gasteiger partial charge in [-0.25, -0.2) is 0 Å². The number of aryl methyl sites for hydroxylation is 1. The summed E-state index contributed by atoms with van der Waals surface area (Å²) < 4.78 is 0. The molecule has 0 aliphatic heterocycles. The molecule has 92 valence electrons. The van der Waals surface area contributed by atoms with Crippen LogP contribution in [0.1, 0.15) is 42.9 Å². The number of hydrogen-bond acceptors (Lipinski definition) is 2. The first-order valence-corrected chi connectivity index (χ1v) is 6.80. The number of hydrogen-bond donors (Lipinski definition) is 2. The summed E-state index contributed by atoms with van der Waals surface area (Å²) in [5.74, 6) is 8.45. The summed E-state index contributed by atoms with van der Waals surface area (Å²) in [6.07, 6.45) is 5.67. The van der Waals surface area contributed by atoms with Crippen LogP contribution in [0.5, 0.6) is 0 Å². The highest BCUT2D eigenvalue weighted by Crippen LogP contribution is 2.52. The van der Waals surface area contributed by atoms with Crippen molar-refractivity contribution in [1.29, 1.82) is 0 Å². The van der Waals surface area contributed by atoms with Gasteiger partial charge in [0.25, 0.3) is 0 Å². The van der Waals surface area contributed by atoms with Crippen LogP contribution in [0.3, 0.4) is 0 Å². The van der Waals surface area contributed by atoms with Crippen LogP contribution in [-0.4, -0.2) is 0 Å². The van der Waals surface area contributed by atoms with Crippen LogP contribution in [-0.2, 0) is 0 Å². The maximum absolute atomic E-state index is 5.82. The van der Waals surface area contributed by atoms with E-state index in [1.807, 2.05) is 0 Å². The maximum atomic E-state index is 5.82. The third kappa shape index (κ3) is 2.00. The lowest BCUT2D eigenvalue weighted by Gasteiger charge is -2.30. The first-order chi connectivity index (χ1) is 8.28.